The molecule has 0 heterocycles. The van der Waals surface area contributed by atoms with Gasteiger partial charge in [0.1, 0.15) is 16.5 Å². The topological polar surface area (TPSA) is 72.2 Å². The maximum atomic E-state index is 13.6. The molecule has 0 saturated heterocycles. The zero-order valence-corrected chi connectivity index (χ0v) is 11.3. The second-order valence-corrected chi connectivity index (χ2v) is 5.93. The zero-order valence-electron chi connectivity index (χ0n) is 10.5. The lowest BCUT2D eigenvalue weighted by Crippen LogP contribution is -2.16. The largest absolute Gasteiger partial charge is 0.399 e. The second-order valence-electron chi connectivity index (χ2n) is 4.28. The molecule has 0 aliphatic carbocycles. The van der Waals surface area contributed by atoms with Crippen molar-refractivity contribution >= 4 is 21.4 Å². The molecule has 4 nitrogen and oxygen atoms in total. The third-order valence-electron chi connectivity index (χ3n) is 2.61. The number of nitrogens with two attached hydrogens (primary N) is 1. The summed E-state index contributed by atoms with van der Waals surface area (Å²) in [6.45, 7) is 1.68. The number of nitrogens with one attached hydrogen (secondary N) is 1. The number of aryl methyl sites for hydroxylation is 1. The third-order valence-corrected chi connectivity index (χ3v) is 3.99. The standard InChI is InChI=1S/C13H12F2N2O2S/c1-8-2-4-10(14)12(6-8)17-20(18,19)13-7-9(16)3-5-11(13)15/h2-7,17H,16H2,1H3. The second kappa shape index (κ2) is 5.09. The van der Waals surface area contributed by atoms with Gasteiger partial charge in [-0.3, -0.25) is 4.72 Å². The summed E-state index contributed by atoms with van der Waals surface area (Å²) in [6.07, 6.45) is 0. The lowest BCUT2D eigenvalue weighted by Gasteiger charge is -2.10. The van der Waals surface area contributed by atoms with Crippen LogP contribution in [-0.2, 0) is 10.0 Å². The van der Waals surface area contributed by atoms with Gasteiger partial charge in [0, 0.05) is 5.69 Å². The lowest BCUT2D eigenvalue weighted by atomic mass is 10.2. The van der Waals surface area contributed by atoms with Gasteiger partial charge in [0.2, 0.25) is 0 Å². The molecule has 0 atom stereocenters. The van der Waals surface area contributed by atoms with Crippen molar-refractivity contribution in [2.75, 3.05) is 10.5 Å². The molecule has 106 valence electrons. The number of sulfonamides is 1. The fourth-order valence-electron chi connectivity index (χ4n) is 1.64. The molecule has 3 N–H and O–H groups in total. The van der Waals surface area contributed by atoms with Crippen LogP contribution in [0.3, 0.4) is 0 Å². The molecule has 2 aromatic carbocycles. The fourth-order valence-corrected chi connectivity index (χ4v) is 2.81. The van der Waals surface area contributed by atoms with Gasteiger partial charge in [-0.1, -0.05) is 6.07 Å². The number of hydrogen-bond acceptors (Lipinski definition) is 3. The number of rotatable bonds is 3. The zero-order chi connectivity index (χ0) is 14.9. The van der Waals surface area contributed by atoms with Gasteiger partial charge in [-0.2, -0.15) is 0 Å². The van der Waals surface area contributed by atoms with Crippen molar-refractivity contribution in [2.45, 2.75) is 11.8 Å². The van der Waals surface area contributed by atoms with E-state index in [-0.39, 0.29) is 11.4 Å². The highest BCUT2D eigenvalue weighted by atomic mass is 32.2. The van der Waals surface area contributed by atoms with E-state index < -0.39 is 26.6 Å². The summed E-state index contributed by atoms with van der Waals surface area (Å²) in [4.78, 5) is -0.626. The Labute approximate surface area is 115 Å². The minimum Gasteiger partial charge on any atom is -0.399 e. The Kier molecular flexibility index (Phi) is 3.63. The smallest absolute Gasteiger partial charge is 0.264 e. The summed E-state index contributed by atoms with van der Waals surface area (Å²) >= 11 is 0. The molecule has 20 heavy (non-hydrogen) atoms. The van der Waals surface area contributed by atoms with Crippen molar-refractivity contribution in [1.29, 1.82) is 0 Å². The van der Waals surface area contributed by atoms with Crippen LogP contribution >= 0.6 is 0 Å². The van der Waals surface area contributed by atoms with Crippen LogP contribution in [0.5, 0.6) is 0 Å². The van der Waals surface area contributed by atoms with E-state index in [1.165, 1.54) is 18.2 Å². The van der Waals surface area contributed by atoms with Crippen LogP contribution in [0.25, 0.3) is 0 Å². The van der Waals surface area contributed by atoms with Crippen molar-refractivity contribution in [3.63, 3.8) is 0 Å². The first-order valence-corrected chi connectivity index (χ1v) is 7.12. The average Bonchev–Trinajstić information content (AvgIpc) is 2.36. The Hall–Kier alpha value is -2.15. The van der Waals surface area contributed by atoms with E-state index in [9.17, 15) is 17.2 Å². The van der Waals surface area contributed by atoms with Crippen LogP contribution < -0.4 is 10.5 Å². The van der Waals surface area contributed by atoms with E-state index in [4.69, 9.17) is 5.73 Å². The highest BCUT2D eigenvalue weighted by Crippen LogP contribution is 2.23. The summed E-state index contributed by atoms with van der Waals surface area (Å²) in [5.41, 5.74) is 5.95. The Bertz CT molecular complexity index is 761. The van der Waals surface area contributed by atoms with Crippen LogP contribution in [0.4, 0.5) is 20.2 Å². The monoisotopic (exact) mass is 298 g/mol. The van der Waals surface area contributed by atoms with Crippen molar-refractivity contribution in [1.82, 2.24) is 0 Å². The van der Waals surface area contributed by atoms with Gasteiger partial charge < -0.3 is 5.73 Å². The first kappa shape index (κ1) is 14.3. The Balaban J connectivity index is 2.46. The van der Waals surface area contributed by atoms with Gasteiger partial charge >= 0.3 is 0 Å². The maximum absolute atomic E-state index is 13.6. The van der Waals surface area contributed by atoms with E-state index in [2.05, 4.69) is 0 Å². The van der Waals surface area contributed by atoms with Crippen molar-refractivity contribution in [3.8, 4) is 0 Å². The van der Waals surface area contributed by atoms with E-state index in [1.54, 1.807) is 6.92 Å². The first-order chi connectivity index (χ1) is 9.29. The molecule has 0 amide bonds. The normalized spacial score (nSPS) is 11.3. The van der Waals surface area contributed by atoms with Crippen LogP contribution in [0.1, 0.15) is 5.56 Å². The quantitative estimate of drug-likeness (QED) is 0.856. The number of halogens is 2. The van der Waals surface area contributed by atoms with Crippen LogP contribution in [0.2, 0.25) is 0 Å². The molecule has 2 aromatic rings. The molecule has 0 aliphatic heterocycles. The minimum absolute atomic E-state index is 0.0940. The molecule has 2 rings (SSSR count). The molecule has 0 unspecified atom stereocenters. The molecular weight excluding hydrogens is 286 g/mol. The Morgan fingerprint density at radius 1 is 1.05 bits per heavy atom. The molecular formula is C13H12F2N2O2S. The Morgan fingerprint density at radius 2 is 1.70 bits per heavy atom. The molecule has 0 saturated carbocycles. The fraction of sp³-hybridized carbons (Fsp3) is 0.0769. The number of nitrogen functional groups attached to an aromatic ring is 1. The van der Waals surface area contributed by atoms with Crippen LogP contribution in [-0.4, -0.2) is 8.42 Å². The summed E-state index contributed by atoms with van der Waals surface area (Å²) in [5, 5.41) is 0. The molecule has 0 aromatic heterocycles. The molecule has 0 spiro atoms. The molecule has 0 aliphatic rings. The predicted octanol–water partition coefficient (Wildman–Crippen LogP) is 2.66. The van der Waals surface area contributed by atoms with Crippen molar-refractivity contribution < 1.29 is 17.2 Å². The molecule has 0 radical (unpaired) electrons. The number of anilines is 2. The lowest BCUT2D eigenvalue weighted by molar-refractivity contribution is 0.569. The van der Waals surface area contributed by atoms with Gasteiger partial charge in [0.15, 0.2) is 0 Å². The summed E-state index contributed by atoms with van der Waals surface area (Å²) in [7, 11) is -4.25. The maximum Gasteiger partial charge on any atom is 0.264 e. The summed E-state index contributed by atoms with van der Waals surface area (Å²) < 4.78 is 53.3. The minimum atomic E-state index is -4.25. The van der Waals surface area contributed by atoms with Gasteiger partial charge in [0.25, 0.3) is 10.0 Å². The van der Waals surface area contributed by atoms with Gasteiger partial charge in [0.05, 0.1) is 5.69 Å². The molecule has 0 bridgehead atoms. The average molecular weight is 298 g/mol. The van der Waals surface area contributed by atoms with Crippen LogP contribution in [0.15, 0.2) is 41.3 Å². The van der Waals surface area contributed by atoms with E-state index >= 15 is 0 Å². The van der Waals surface area contributed by atoms with E-state index in [0.29, 0.717) is 5.56 Å². The van der Waals surface area contributed by atoms with E-state index in [0.717, 1.165) is 18.2 Å². The Morgan fingerprint density at radius 3 is 2.40 bits per heavy atom. The van der Waals surface area contributed by atoms with Gasteiger partial charge in [-0.05, 0) is 42.8 Å². The van der Waals surface area contributed by atoms with Gasteiger partial charge in [-0.25, -0.2) is 17.2 Å². The highest BCUT2D eigenvalue weighted by molar-refractivity contribution is 7.92. The van der Waals surface area contributed by atoms with Crippen LogP contribution in [0, 0.1) is 18.6 Å². The molecule has 0 fully saturated rings. The number of benzene rings is 2. The first-order valence-electron chi connectivity index (χ1n) is 5.63. The SMILES string of the molecule is Cc1ccc(F)c(NS(=O)(=O)c2cc(N)ccc2F)c1. The van der Waals surface area contributed by atoms with E-state index in [1.807, 2.05) is 4.72 Å². The third kappa shape index (κ3) is 2.88. The van der Waals surface area contributed by atoms with Gasteiger partial charge in [-0.15, -0.1) is 0 Å². The van der Waals surface area contributed by atoms with Crippen molar-refractivity contribution in [2.24, 2.45) is 0 Å². The van der Waals surface area contributed by atoms with Crippen molar-refractivity contribution in [3.05, 3.63) is 53.6 Å². The summed E-state index contributed by atoms with van der Waals surface area (Å²) in [5.74, 6) is -1.71. The molecule has 7 heteroatoms. The number of hydrogen-bond donors (Lipinski definition) is 2. The summed E-state index contributed by atoms with van der Waals surface area (Å²) in [6, 6.07) is 7.09. The highest BCUT2D eigenvalue weighted by Gasteiger charge is 2.21. The predicted molar refractivity (Wildman–Crippen MR) is 72.8 cm³/mol.